The molecule has 0 spiro atoms. The molecule has 96 valence electrons. The number of piperidine rings is 1. The molecule has 0 bridgehead atoms. The molecule has 0 amide bonds. The van der Waals surface area contributed by atoms with Gasteiger partial charge in [-0.1, -0.05) is 11.6 Å². The first-order valence-corrected chi connectivity index (χ1v) is 6.84. The zero-order valence-corrected chi connectivity index (χ0v) is 11.6. The Morgan fingerprint density at radius 1 is 1.28 bits per heavy atom. The van der Waals surface area contributed by atoms with Gasteiger partial charge in [-0.15, -0.1) is 0 Å². The van der Waals surface area contributed by atoms with Crippen LogP contribution in [-0.4, -0.2) is 34.6 Å². The van der Waals surface area contributed by atoms with Crippen LogP contribution in [-0.2, 0) is 0 Å². The molecule has 0 unspecified atom stereocenters. The summed E-state index contributed by atoms with van der Waals surface area (Å²) in [4.78, 5) is 6.87. The minimum atomic E-state index is 0.576. The van der Waals surface area contributed by atoms with Gasteiger partial charge in [-0.25, -0.2) is 4.98 Å². The first-order chi connectivity index (χ1) is 8.65. The molecular weight excluding hydrogens is 246 g/mol. The summed E-state index contributed by atoms with van der Waals surface area (Å²) in [5.74, 6) is 0. The van der Waals surface area contributed by atoms with Gasteiger partial charge in [-0.2, -0.15) is 0 Å². The Morgan fingerprint density at radius 3 is 2.72 bits per heavy atom. The number of aryl methyl sites for hydroxylation is 1. The molecule has 0 radical (unpaired) electrons. The van der Waals surface area contributed by atoms with E-state index < -0.39 is 0 Å². The van der Waals surface area contributed by atoms with Crippen LogP contribution in [0.4, 0.5) is 0 Å². The smallest absolute Gasteiger partial charge is 0.0960 e. The first-order valence-electron chi connectivity index (χ1n) is 6.46. The average molecular weight is 264 g/mol. The van der Waals surface area contributed by atoms with Gasteiger partial charge in [0.1, 0.15) is 0 Å². The summed E-state index contributed by atoms with van der Waals surface area (Å²) >= 11 is 6.15. The Balaban J connectivity index is 1.99. The van der Waals surface area contributed by atoms with Gasteiger partial charge >= 0.3 is 0 Å². The molecule has 0 N–H and O–H groups in total. The van der Waals surface area contributed by atoms with E-state index in [2.05, 4.69) is 27.6 Å². The van der Waals surface area contributed by atoms with Gasteiger partial charge in [0.25, 0.3) is 0 Å². The number of halogens is 1. The Kier molecular flexibility index (Phi) is 3.04. The average Bonchev–Trinajstić information content (AvgIpc) is 2.74. The van der Waals surface area contributed by atoms with Gasteiger partial charge in [0.2, 0.25) is 0 Å². The second-order valence-electron chi connectivity index (χ2n) is 5.28. The molecule has 1 aliphatic rings. The Morgan fingerprint density at radius 2 is 2.00 bits per heavy atom. The van der Waals surface area contributed by atoms with Gasteiger partial charge < -0.3 is 9.47 Å². The summed E-state index contributed by atoms with van der Waals surface area (Å²) in [5.41, 5.74) is 3.34. The van der Waals surface area contributed by atoms with Crippen molar-refractivity contribution in [1.82, 2.24) is 14.5 Å². The molecule has 1 fully saturated rings. The molecule has 0 saturated carbocycles. The van der Waals surface area contributed by atoms with Crippen LogP contribution in [0.5, 0.6) is 0 Å². The summed E-state index contributed by atoms with van der Waals surface area (Å²) in [6.07, 6.45) is 4.36. The number of imidazole rings is 1. The lowest BCUT2D eigenvalue weighted by atomic mass is 10.1. The van der Waals surface area contributed by atoms with E-state index in [0.717, 1.165) is 29.2 Å². The Labute approximate surface area is 112 Å². The van der Waals surface area contributed by atoms with E-state index in [1.165, 1.54) is 18.4 Å². The molecule has 2 heterocycles. The number of rotatable bonds is 1. The highest BCUT2D eigenvalue weighted by atomic mass is 35.5. The molecule has 2 aromatic rings. The summed E-state index contributed by atoms with van der Waals surface area (Å²) < 4.78 is 2.33. The number of likely N-dealkylation sites (tertiary alicyclic amines) is 1. The largest absolute Gasteiger partial charge is 0.327 e. The normalized spacial score (nSPS) is 18.6. The highest BCUT2D eigenvalue weighted by molar-refractivity contribution is 6.32. The summed E-state index contributed by atoms with van der Waals surface area (Å²) in [6, 6.07) is 4.70. The molecule has 0 aliphatic carbocycles. The van der Waals surface area contributed by atoms with Crippen LogP contribution in [0.1, 0.15) is 24.4 Å². The van der Waals surface area contributed by atoms with E-state index in [1.807, 2.05) is 19.3 Å². The van der Waals surface area contributed by atoms with Crippen molar-refractivity contribution in [2.75, 3.05) is 20.1 Å². The third-order valence-electron chi connectivity index (χ3n) is 3.94. The topological polar surface area (TPSA) is 21.1 Å². The maximum atomic E-state index is 6.15. The fourth-order valence-corrected chi connectivity index (χ4v) is 2.87. The number of fused-ring (bicyclic) bond motifs is 1. The van der Waals surface area contributed by atoms with Crippen LogP contribution < -0.4 is 0 Å². The fourth-order valence-electron chi connectivity index (χ4n) is 2.72. The Hall–Kier alpha value is -1.06. The zero-order valence-electron chi connectivity index (χ0n) is 10.9. The minimum Gasteiger partial charge on any atom is -0.327 e. The van der Waals surface area contributed by atoms with Gasteiger partial charge in [-0.05, 0) is 57.6 Å². The van der Waals surface area contributed by atoms with Gasteiger partial charge in [-0.3, -0.25) is 0 Å². The number of hydrogen-bond donors (Lipinski definition) is 0. The monoisotopic (exact) mass is 263 g/mol. The molecular formula is C14H18ClN3. The van der Waals surface area contributed by atoms with Crippen LogP contribution >= 0.6 is 11.6 Å². The lowest BCUT2D eigenvalue weighted by Gasteiger charge is -2.30. The van der Waals surface area contributed by atoms with Crippen molar-refractivity contribution in [3.05, 3.63) is 29.0 Å². The van der Waals surface area contributed by atoms with Crippen LogP contribution in [0, 0.1) is 6.92 Å². The van der Waals surface area contributed by atoms with Crippen molar-refractivity contribution in [3.8, 4) is 0 Å². The predicted octanol–water partition coefficient (Wildman–Crippen LogP) is 3.26. The van der Waals surface area contributed by atoms with Crippen molar-refractivity contribution in [1.29, 1.82) is 0 Å². The molecule has 18 heavy (non-hydrogen) atoms. The maximum Gasteiger partial charge on any atom is 0.0960 e. The highest BCUT2D eigenvalue weighted by Gasteiger charge is 2.20. The van der Waals surface area contributed by atoms with Crippen molar-refractivity contribution >= 4 is 22.6 Å². The second-order valence-corrected chi connectivity index (χ2v) is 5.68. The van der Waals surface area contributed by atoms with E-state index >= 15 is 0 Å². The molecule has 3 rings (SSSR count). The van der Waals surface area contributed by atoms with E-state index in [0.29, 0.717) is 6.04 Å². The van der Waals surface area contributed by atoms with Crippen LogP contribution in [0.2, 0.25) is 5.02 Å². The first kappa shape index (κ1) is 12.0. The van der Waals surface area contributed by atoms with Crippen molar-refractivity contribution in [2.24, 2.45) is 0 Å². The lowest BCUT2D eigenvalue weighted by molar-refractivity contribution is 0.223. The SMILES string of the molecule is Cc1cc2c(cc1Cl)ncn2C1CCN(C)CC1. The number of hydrogen-bond acceptors (Lipinski definition) is 2. The van der Waals surface area contributed by atoms with Gasteiger partial charge in [0.15, 0.2) is 0 Å². The zero-order chi connectivity index (χ0) is 12.7. The minimum absolute atomic E-state index is 0.576. The van der Waals surface area contributed by atoms with Crippen LogP contribution in [0.25, 0.3) is 11.0 Å². The highest BCUT2D eigenvalue weighted by Crippen LogP contribution is 2.28. The van der Waals surface area contributed by atoms with Crippen molar-refractivity contribution in [3.63, 3.8) is 0 Å². The van der Waals surface area contributed by atoms with Crippen molar-refractivity contribution in [2.45, 2.75) is 25.8 Å². The summed E-state index contributed by atoms with van der Waals surface area (Å²) in [6.45, 7) is 4.38. The van der Waals surface area contributed by atoms with E-state index in [1.54, 1.807) is 0 Å². The van der Waals surface area contributed by atoms with Crippen LogP contribution in [0.3, 0.4) is 0 Å². The predicted molar refractivity (Wildman–Crippen MR) is 75.2 cm³/mol. The maximum absolute atomic E-state index is 6.15. The molecule has 1 aromatic heterocycles. The van der Waals surface area contributed by atoms with Crippen molar-refractivity contribution < 1.29 is 0 Å². The number of benzene rings is 1. The molecule has 1 aromatic carbocycles. The summed E-state index contributed by atoms with van der Waals surface area (Å²) in [5, 5.41) is 0.802. The molecule has 4 heteroatoms. The molecule has 1 aliphatic heterocycles. The number of nitrogens with zero attached hydrogens (tertiary/aromatic N) is 3. The van der Waals surface area contributed by atoms with E-state index in [9.17, 15) is 0 Å². The quantitative estimate of drug-likeness (QED) is 0.787. The third kappa shape index (κ3) is 2.02. The molecule has 3 nitrogen and oxygen atoms in total. The van der Waals surface area contributed by atoms with Crippen LogP contribution in [0.15, 0.2) is 18.5 Å². The Bertz CT molecular complexity index is 568. The molecule has 0 atom stereocenters. The summed E-state index contributed by atoms with van der Waals surface area (Å²) in [7, 11) is 2.19. The molecule has 1 saturated heterocycles. The fraction of sp³-hybridized carbons (Fsp3) is 0.500. The standard InChI is InChI=1S/C14H18ClN3/c1-10-7-14-13(8-12(10)15)16-9-18(14)11-3-5-17(2)6-4-11/h7-9,11H,3-6H2,1-2H3. The van der Waals surface area contributed by atoms with Gasteiger partial charge in [0.05, 0.1) is 17.4 Å². The van der Waals surface area contributed by atoms with E-state index in [-0.39, 0.29) is 0 Å². The van der Waals surface area contributed by atoms with E-state index in [4.69, 9.17) is 11.6 Å². The lowest BCUT2D eigenvalue weighted by Crippen LogP contribution is -2.31. The number of aromatic nitrogens is 2. The second kappa shape index (κ2) is 4.56. The third-order valence-corrected chi connectivity index (χ3v) is 4.34. The van der Waals surface area contributed by atoms with Gasteiger partial charge in [0, 0.05) is 11.1 Å².